The summed E-state index contributed by atoms with van der Waals surface area (Å²) < 4.78 is 0. The average molecular weight is 309 g/mol. The first-order chi connectivity index (χ1) is 9.81. The molecule has 1 saturated heterocycles. The molecule has 1 aromatic carbocycles. The molecule has 2 rings (SSSR count). The molecule has 0 radical (unpaired) electrons. The summed E-state index contributed by atoms with van der Waals surface area (Å²) in [5.41, 5.74) is 1.69. The summed E-state index contributed by atoms with van der Waals surface area (Å²) in [6.45, 7) is 7.15. The minimum absolute atomic E-state index is 0.109. The molecule has 1 fully saturated rings. The topological polar surface area (TPSA) is 32.3 Å². The SMILES string of the molecule is Cc1c(Cl)cccc1C(C)(C)NC(=O)CC1CCCN1C. The number of nitrogens with zero attached hydrogens (tertiary/aromatic N) is 1. The predicted molar refractivity (Wildman–Crippen MR) is 87.6 cm³/mol. The number of benzene rings is 1. The highest BCUT2D eigenvalue weighted by Gasteiger charge is 2.28. The van der Waals surface area contributed by atoms with Crippen molar-refractivity contribution in [3.8, 4) is 0 Å². The average Bonchev–Trinajstić information content (AvgIpc) is 2.77. The third kappa shape index (κ3) is 3.78. The summed E-state index contributed by atoms with van der Waals surface area (Å²) in [7, 11) is 2.09. The van der Waals surface area contributed by atoms with Crippen molar-refractivity contribution >= 4 is 17.5 Å². The Balaban J connectivity index is 2.06. The van der Waals surface area contributed by atoms with Crippen molar-refractivity contribution < 1.29 is 4.79 Å². The van der Waals surface area contributed by atoms with Crippen LogP contribution in [0.25, 0.3) is 0 Å². The molecule has 0 aliphatic carbocycles. The Morgan fingerprint density at radius 3 is 2.81 bits per heavy atom. The van der Waals surface area contributed by atoms with E-state index in [2.05, 4.69) is 17.3 Å². The molecule has 1 N–H and O–H groups in total. The van der Waals surface area contributed by atoms with E-state index in [9.17, 15) is 4.79 Å². The highest BCUT2D eigenvalue weighted by atomic mass is 35.5. The number of amides is 1. The van der Waals surface area contributed by atoms with Crippen LogP contribution in [0.4, 0.5) is 0 Å². The third-order valence-electron chi connectivity index (χ3n) is 4.49. The van der Waals surface area contributed by atoms with E-state index in [1.165, 1.54) is 6.42 Å². The second-order valence-corrected chi connectivity index (χ2v) is 6.97. The fourth-order valence-corrected chi connectivity index (χ4v) is 3.38. The maximum Gasteiger partial charge on any atom is 0.222 e. The lowest BCUT2D eigenvalue weighted by atomic mass is 9.90. The van der Waals surface area contributed by atoms with Gasteiger partial charge in [0, 0.05) is 17.5 Å². The molecule has 1 aliphatic heterocycles. The maximum atomic E-state index is 12.4. The van der Waals surface area contributed by atoms with Crippen molar-refractivity contribution in [3.05, 3.63) is 34.3 Å². The maximum absolute atomic E-state index is 12.4. The van der Waals surface area contributed by atoms with Crippen LogP contribution in [-0.2, 0) is 10.3 Å². The Morgan fingerprint density at radius 2 is 2.19 bits per heavy atom. The summed E-state index contributed by atoms with van der Waals surface area (Å²) in [5.74, 6) is 0.109. The van der Waals surface area contributed by atoms with Crippen LogP contribution < -0.4 is 5.32 Å². The molecule has 1 unspecified atom stereocenters. The summed E-state index contributed by atoms with van der Waals surface area (Å²) in [5, 5.41) is 3.90. The smallest absolute Gasteiger partial charge is 0.222 e. The second-order valence-electron chi connectivity index (χ2n) is 6.57. The third-order valence-corrected chi connectivity index (χ3v) is 4.89. The fraction of sp³-hybridized carbons (Fsp3) is 0.588. The minimum atomic E-state index is -0.413. The molecule has 116 valence electrons. The number of likely N-dealkylation sites (tertiary alicyclic amines) is 1. The molecule has 0 bridgehead atoms. The fourth-order valence-electron chi connectivity index (χ4n) is 3.20. The molecule has 0 spiro atoms. The molecule has 1 aromatic rings. The molecule has 21 heavy (non-hydrogen) atoms. The van der Waals surface area contributed by atoms with Gasteiger partial charge in [-0.15, -0.1) is 0 Å². The van der Waals surface area contributed by atoms with Crippen molar-refractivity contribution in [2.24, 2.45) is 0 Å². The van der Waals surface area contributed by atoms with Crippen molar-refractivity contribution in [1.82, 2.24) is 10.2 Å². The Kier molecular flexibility index (Phi) is 4.95. The van der Waals surface area contributed by atoms with Crippen LogP contribution in [0, 0.1) is 6.92 Å². The molecule has 4 heteroatoms. The normalized spacial score (nSPS) is 19.8. The van der Waals surface area contributed by atoms with Gasteiger partial charge < -0.3 is 10.2 Å². The first-order valence-corrected chi connectivity index (χ1v) is 7.96. The molecule has 0 aromatic heterocycles. The summed E-state index contributed by atoms with van der Waals surface area (Å²) in [4.78, 5) is 14.6. The quantitative estimate of drug-likeness (QED) is 0.923. The highest BCUT2D eigenvalue weighted by Crippen LogP contribution is 2.28. The van der Waals surface area contributed by atoms with Crippen LogP contribution in [0.1, 0.15) is 44.2 Å². The van der Waals surface area contributed by atoms with E-state index in [1.807, 2.05) is 39.0 Å². The molecule has 1 aliphatic rings. The molecule has 1 heterocycles. The predicted octanol–water partition coefficient (Wildman–Crippen LogP) is 3.48. The number of carbonyl (C=O) groups excluding carboxylic acids is 1. The monoisotopic (exact) mass is 308 g/mol. The zero-order valence-corrected chi connectivity index (χ0v) is 14.1. The van der Waals surface area contributed by atoms with Crippen LogP contribution in [0.15, 0.2) is 18.2 Å². The summed E-state index contributed by atoms with van der Waals surface area (Å²) >= 11 is 6.19. The number of nitrogens with one attached hydrogen (secondary N) is 1. The van der Waals surface area contributed by atoms with Gasteiger partial charge in [-0.25, -0.2) is 0 Å². The van der Waals surface area contributed by atoms with Gasteiger partial charge in [0.1, 0.15) is 0 Å². The number of hydrogen-bond donors (Lipinski definition) is 1. The van der Waals surface area contributed by atoms with Gasteiger partial charge in [0.25, 0.3) is 0 Å². The number of halogens is 1. The Bertz CT molecular complexity index is 528. The molecule has 1 amide bonds. The molecular formula is C17H25ClN2O. The van der Waals surface area contributed by atoms with Crippen LogP contribution in [-0.4, -0.2) is 30.4 Å². The number of hydrogen-bond acceptors (Lipinski definition) is 2. The van der Waals surface area contributed by atoms with E-state index in [0.29, 0.717) is 12.5 Å². The van der Waals surface area contributed by atoms with Crippen molar-refractivity contribution in [2.45, 2.75) is 51.6 Å². The Labute approximate surface area is 132 Å². The molecule has 0 saturated carbocycles. The van der Waals surface area contributed by atoms with Crippen LogP contribution in [0.2, 0.25) is 5.02 Å². The van der Waals surface area contributed by atoms with E-state index >= 15 is 0 Å². The lowest BCUT2D eigenvalue weighted by Gasteiger charge is -2.30. The van der Waals surface area contributed by atoms with Gasteiger partial charge in [-0.1, -0.05) is 23.7 Å². The second kappa shape index (κ2) is 6.37. The first kappa shape index (κ1) is 16.3. The molecule has 3 nitrogen and oxygen atoms in total. The minimum Gasteiger partial charge on any atom is -0.347 e. The zero-order valence-electron chi connectivity index (χ0n) is 13.4. The van der Waals surface area contributed by atoms with Crippen LogP contribution in [0.3, 0.4) is 0 Å². The van der Waals surface area contributed by atoms with Crippen LogP contribution in [0.5, 0.6) is 0 Å². The van der Waals surface area contributed by atoms with E-state index in [0.717, 1.165) is 29.1 Å². The van der Waals surface area contributed by atoms with E-state index < -0.39 is 5.54 Å². The molecule has 1 atom stereocenters. The zero-order chi connectivity index (χ0) is 15.6. The summed E-state index contributed by atoms with van der Waals surface area (Å²) in [6.07, 6.45) is 2.87. The van der Waals surface area contributed by atoms with Gasteiger partial charge >= 0.3 is 0 Å². The number of carbonyl (C=O) groups is 1. The molecular weight excluding hydrogens is 284 g/mol. The van der Waals surface area contributed by atoms with Crippen LogP contribution >= 0.6 is 11.6 Å². The van der Waals surface area contributed by atoms with Gasteiger partial charge in [0.05, 0.1) is 5.54 Å². The highest BCUT2D eigenvalue weighted by molar-refractivity contribution is 6.31. The van der Waals surface area contributed by atoms with E-state index in [4.69, 9.17) is 11.6 Å². The van der Waals surface area contributed by atoms with Gasteiger partial charge in [-0.3, -0.25) is 4.79 Å². The van der Waals surface area contributed by atoms with Crippen molar-refractivity contribution in [3.63, 3.8) is 0 Å². The summed E-state index contributed by atoms with van der Waals surface area (Å²) in [6, 6.07) is 6.22. The lowest BCUT2D eigenvalue weighted by Crippen LogP contribution is -2.43. The lowest BCUT2D eigenvalue weighted by molar-refractivity contribution is -0.123. The standard InChI is InChI=1S/C17H25ClN2O/c1-12-14(8-5-9-15(12)18)17(2,3)19-16(21)11-13-7-6-10-20(13)4/h5,8-9,13H,6-7,10-11H2,1-4H3,(H,19,21). The van der Waals surface area contributed by atoms with E-state index in [1.54, 1.807) is 0 Å². The first-order valence-electron chi connectivity index (χ1n) is 7.58. The van der Waals surface area contributed by atoms with Crippen molar-refractivity contribution in [2.75, 3.05) is 13.6 Å². The Hall–Kier alpha value is -1.06. The largest absolute Gasteiger partial charge is 0.347 e. The van der Waals surface area contributed by atoms with Gasteiger partial charge in [-0.2, -0.15) is 0 Å². The van der Waals surface area contributed by atoms with Gasteiger partial charge in [-0.05, 0) is 64.4 Å². The number of rotatable bonds is 4. The van der Waals surface area contributed by atoms with E-state index in [-0.39, 0.29) is 5.91 Å². The Morgan fingerprint density at radius 1 is 1.48 bits per heavy atom. The van der Waals surface area contributed by atoms with Gasteiger partial charge in [0.2, 0.25) is 5.91 Å². The van der Waals surface area contributed by atoms with Gasteiger partial charge in [0.15, 0.2) is 0 Å². The van der Waals surface area contributed by atoms with Crippen molar-refractivity contribution in [1.29, 1.82) is 0 Å².